The van der Waals surface area contributed by atoms with Crippen LogP contribution in [0.1, 0.15) is 25.7 Å². The van der Waals surface area contributed by atoms with Gasteiger partial charge < -0.3 is 10.1 Å². The van der Waals surface area contributed by atoms with Crippen LogP contribution < -0.4 is 10.0 Å². The molecule has 0 saturated carbocycles. The van der Waals surface area contributed by atoms with E-state index in [4.69, 9.17) is 4.74 Å². The lowest BCUT2D eigenvalue weighted by Gasteiger charge is -2.10. The van der Waals surface area contributed by atoms with E-state index in [1.165, 1.54) is 31.4 Å². The van der Waals surface area contributed by atoms with Gasteiger partial charge in [0.2, 0.25) is 5.91 Å². The Morgan fingerprint density at radius 2 is 1.96 bits per heavy atom. The number of amidine groups is 1. The number of carbonyl (C=O) groups excluding carboxylic acids is 1. The molecule has 1 heterocycles. The van der Waals surface area contributed by atoms with Crippen LogP contribution in [-0.2, 0) is 19.6 Å². The minimum atomic E-state index is -3.65. The molecule has 0 aliphatic carbocycles. The van der Waals surface area contributed by atoms with Gasteiger partial charge in [-0.2, -0.15) is 0 Å². The van der Waals surface area contributed by atoms with Gasteiger partial charge in [0.15, 0.2) is 0 Å². The van der Waals surface area contributed by atoms with E-state index in [-0.39, 0.29) is 17.4 Å². The summed E-state index contributed by atoms with van der Waals surface area (Å²) in [4.78, 5) is 15.8. The highest BCUT2D eigenvalue weighted by Gasteiger charge is 2.17. The van der Waals surface area contributed by atoms with E-state index in [9.17, 15) is 13.2 Å². The molecule has 2 rings (SSSR count). The first-order valence-electron chi connectivity index (χ1n) is 7.46. The van der Waals surface area contributed by atoms with E-state index < -0.39 is 10.0 Å². The van der Waals surface area contributed by atoms with Gasteiger partial charge >= 0.3 is 0 Å². The van der Waals surface area contributed by atoms with Crippen molar-refractivity contribution in [2.24, 2.45) is 4.99 Å². The molecular formula is C15H21N3O4S. The number of ether oxygens (including phenoxy) is 1. The van der Waals surface area contributed by atoms with E-state index in [1.54, 1.807) is 0 Å². The molecule has 1 aliphatic rings. The predicted molar refractivity (Wildman–Crippen MR) is 88.0 cm³/mol. The van der Waals surface area contributed by atoms with Gasteiger partial charge in [0.05, 0.1) is 4.90 Å². The molecule has 0 radical (unpaired) electrons. The summed E-state index contributed by atoms with van der Waals surface area (Å²) in [7, 11) is -2.22. The zero-order chi connectivity index (χ0) is 16.7. The van der Waals surface area contributed by atoms with Crippen LogP contribution >= 0.6 is 0 Å². The number of nitrogens with zero attached hydrogens (tertiary/aromatic N) is 1. The maximum Gasteiger partial charge on any atom is 0.262 e. The Balaban J connectivity index is 2.05. The summed E-state index contributed by atoms with van der Waals surface area (Å²) in [6.07, 6.45) is 3.63. The number of benzene rings is 1. The van der Waals surface area contributed by atoms with Crippen molar-refractivity contribution in [2.45, 2.75) is 30.6 Å². The molecule has 0 fully saturated rings. The molecule has 0 spiro atoms. The summed E-state index contributed by atoms with van der Waals surface area (Å²) < 4.78 is 32.0. The number of hydrogen-bond donors (Lipinski definition) is 2. The monoisotopic (exact) mass is 339 g/mol. The third-order valence-corrected chi connectivity index (χ3v) is 4.75. The van der Waals surface area contributed by atoms with Gasteiger partial charge in [-0.05, 0) is 37.1 Å². The number of amides is 1. The van der Waals surface area contributed by atoms with Crippen LogP contribution in [0.15, 0.2) is 34.2 Å². The fourth-order valence-electron chi connectivity index (χ4n) is 2.22. The van der Waals surface area contributed by atoms with E-state index in [0.29, 0.717) is 24.5 Å². The second-order valence-corrected chi connectivity index (χ2v) is 6.93. The smallest absolute Gasteiger partial charge is 0.262 e. The third-order valence-electron chi connectivity index (χ3n) is 3.35. The molecule has 0 unspecified atom stereocenters. The third kappa shape index (κ3) is 5.33. The lowest BCUT2D eigenvalue weighted by molar-refractivity contribution is -0.119. The second-order valence-electron chi connectivity index (χ2n) is 5.25. The summed E-state index contributed by atoms with van der Waals surface area (Å²) in [6, 6.07) is 5.97. The van der Waals surface area contributed by atoms with Crippen molar-refractivity contribution in [3.05, 3.63) is 24.3 Å². The van der Waals surface area contributed by atoms with Crippen LogP contribution in [0.2, 0.25) is 0 Å². The van der Waals surface area contributed by atoms with Crippen LogP contribution in [0.5, 0.6) is 0 Å². The molecular weight excluding hydrogens is 318 g/mol. The lowest BCUT2D eigenvalue weighted by atomic mass is 10.2. The van der Waals surface area contributed by atoms with Gasteiger partial charge in [-0.1, -0.05) is 6.42 Å². The lowest BCUT2D eigenvalue weighted by Crippen LogP contribution is -2.30. The average Bonchev–Trinajstić information content (AvgIpc) is 2.76. The van der Waals surface area contributed by atoms with E-state index >= 15 is 0 Å². The van der Waals surface area contributed by atoms with Gasteiger partial charge in [0.1, 0.15) is 12.4 Å². The van der Waals surface area contributed by atoms with Crippen molar-refractivity contribution in [3.8, 4) is 0 Å². The van der Waals surface area contributed by atoms with Gasteiger partial charge in [0, 0.05) is 25.8 Å². The Kier molecular flexibility index (Phi) is 6.12. The van der Waals surface area contributed by atoms with Crippen molar-refractivity contribution in [2.75, 3.05) is 25.6 Å². The van der Waals surface area contributed by atoms with Crippen molar-refractivity contribution in [3.63, 3.8) is 0 Å². The summed E-state index contributed by atoms with van der Waals surface area (Å²) in [5.41, 5.74) is 0.512. The van der Waals surface area contributed by atoms with Crippen molar-refractivity contribution >= 4 is 27.5 Å². The molecule has 1 amide bonds. The van der Waals surface area contributed by atoms with Crippen molar-refractivity contribution in [1.82, 2.24) is 4.72 Å². The van der Waals surface area contributed by atoms with Crippen LogP contribution in [0.3, 0.4) is 0 Å². The topological polar surface area (TPSA) is 96.9 Å². The minimum Gasteiger partial charge on any atom is -0.375 e. The zero-order valence-corrected chi connectivity index (χ0v) is 13.9. The van der Waals surface area contributed by atoms with Crippen LogP contribution in [-0.4, -0.2) is 40.4 Å². The molecule has 0 saturated heterocycles. The summed E-state index contributed by atoms with van der Waals surface area (Å²) >= 11 is 0. The number of rotatable bonds is 5. The first-order valence-corrected chi connectivity index (χ1v) is 8.94. The first-order chi connectivity index (χ1) is 11.0. The van der Waals surface area contributed by atoms with Crippen molar-refractivity contribution in [1.29, 1.82) is 0 Å². The summed E-state index contributed by atoms with van der Waals surface area (Å²) in [5.74, 6) is 0.217. The maximum absolute atomic E-state index is 12.3. The van der Waals surface area contributed by atoms with Gasteiger partial charge in [-0.15, -0.1) is 0 Å². The Morgan fingerprint density at radius 3 is 2.65 bits per heavy atom. The predicted octanol–water partition coefficient (Wildman–Crippen LogP) is 1.52. The number of nitrogens with one attached hydrogen (secondary N) is 2. The fraction of sp³-hybridized carbons (Fsp3) is 0.467. The Labute approximate surface area is 136 Å². The molecule has 126 valence electrons. The molecule has 1 aromatic carbocycles. The molecule has 0 aromatic heterocycles. The highest BCUT2D eigenvalue weighted by molar-refractivity contribution is 7.90. The average molecular weight is 339 g/mol. The molecule has 2 N–H and O–H groups in total. The quantitative estimate of drug-likeness (QED) is 0.850. The molecule has 0 bridgehead atoms. The minimum absolute atomic E-state index is 0.0541. The number of anilines is 1. The largest absolute Gasteiger partial charge is 0.375 e. The number of methoxy groups -OCH3 is 1. The van der Waals surface area contributed by atoms with Gasteiger partial charge in [-0.3, -0.25) is 14.5 Å². The highest BCUT2D eigenvalue weighted by atomic mass is 32.2. The number of carbonyl (C=O) groups is 1. The molecule has 1 aromatic rings. The molecule has 1 aliphatic heterocycles. The standard InChI is InChI=1S/C15H21N3O4S/c1-22-11-15(19)17-12-6-8-13(9-7-12)23(20,21)18-14-5-3-2-4-10-16-14/h6-9H,2-5,10-11H2,1H3,(H,16,18)(H,17,19). The Bertz CT molecular complexity index is 668. The molecule has 0 atom stereocenters. The van der Waals surface area contributed by atoms with Crippen LogP contribution in [0.4, 0.5) is 5.69 Å². The maximum atomic E-state index is 12.3. The first kappa shape index (κ1) is 17.4. The number of hydrogen-bond acceptors (Lipinski definition) is 5. The molecule has 23 heavy (non-hydrogen) atoms. The van der Waals surface area contributed by atoms with Crippen LogP contribution in [0.25, 0.3) is 0 Å². The van der Waals surface area contributed by atoms with E-state index in [2.05, 4.69) is 15.0 Å². The Hall–Kier alpha value is -1.93. The zero-order valence-electron chi connectivity index (χ0n) is 13.0. The SMILES string of the molecule is COCC(=O)Nc1ccc(S(=O)(=O)NC2=NCCCCC2)cc1. The van der Waals surface area contributed by atoms with E-state index in [0.717, 1.165) is 19.3 Å². The normalized spacial score (nSPS) is 15.4. The number of aliphatic imine (C=N–C) groups is 1. The van der Waals surface area contributed by atoms with Crippen LogP contribution in [0, 0.1) is 0 Å². The van der Waals surface area contributed by atoms with E-state index in [1.807, 2.05) is 0 Å². The Morgan fingerprint density at radius 1 is 1.22 bits per heavy atom. The summed E-state index contributed by atoms with van der Waals surface area (Å²) in [6.45, 7) is 0.601. The highest BCUT2D eigenvalue weighted by Crippen LogP contribution is 2.15. The summed E-state index contributed by atoms with van der Waals surface area (Å²) in [5, 5.41) is 2.61. The van der Waals surface area contributed by atoms with Crippen molar-refractivity contribution < 1.29 is 17.9 Å². The number of sulfonamides is 1. The molecule has 8 heteroatoms. The van der Waals surface area contributed by atoms with Gasteiger partial charge in [-0.25, -0.2) is 8.42 Å². The fourth-order valence-corrected chi connectivity index (χ4v) is 3.31. The van der Waals surface area contributed by atoms with Gasteiger partial charge in [0.25, 0.3) is 10.0 Å². The second kappa shape index (κ2) is 8.07. The molecule has 7 nitrogen and oxygen atoms in total.